The molecule has 0 spiro atoms. The molecule has 2 rings (SSSR count). The van der Waals surface area contributed by atoms with Crippen LogP contribution in [-0.2, 0) is 6.42 Å². The van der Waals surface area contributed by atoms with E-state index in [-0.39, 0.29) is 27.9 Å². The maximum absolute atomic E-state index is 11.0. The summed E-state index contributed by atoms with van der Waals surface area (Å²) in [6.45, 7) is 1.69. The predicted octanol–water partition coefficient (Wildman–Crippen LogP) is 2.90. The Bertz CT molecular complexity index is 698. The molecule has 0 N–H and O–H groups in total. The van der Waals surface area contributed by atoms with Gasteiger partial charge >= 0.3 is 5.69 Å². The van der Waals surface area contributed by atoms with Crippen molar-refractivity contribution in [3.8, 4) is 5.69 Å². The molecule has 1 aromatic heterocycles. The third kappa shape index (κ3) is 2.21. The first-order chi connectivity index (χ1) is 9.47. The monoisotopic (exact) mass is 296 g/mol. The maximum atomic E-state index is 11.0. The van der Waals surface area contributed by atoms with Crippen LogP contribution in [0.15, 0.2) is 24.3 Å². The van der Waals surface area contributed by atoms with Crippen molar-refractivity contribution in [1.29, 1.82) is 0 Å². The highest BCUT2D eigenvalue weighted by molar-refractivity contribution is 6.32. The maximum Gasteiger partial charge on any atom is 0.329 e. The standard InChI is InChI=1S/C11H9ClN4O4/c1-2-7-10(16(19)20)11(12)14(13-7)8-5-3-4-6-9(8)15(17)18/h3-6H,2H2,1H3. The number of benzene rings is 1. The average molecular weight is 297 g/mol. The van der Waals surface area contributed by atoms with E-state index < -0.39 is 9.85 Å². The van der Waals surface area contributed by atoms with Crippen molar-refractivity contribution >= 4 is 23.0 Å². The Kier molecular flexibility index (Phi) is 3.66. The van der Waals surface area contributed by atoms with Gasteiger partial charge in [-0.15, -0.1) is 0 Å². The van der Waals surface area contributed by atoms with E-state index in [1.54, 1.807) is 13.0 Å². The molecule has 0 bridgehead atoms. The molecule has 0 radical (unpaired) electrons. The molecule has 0 amide bonds. The fourth-order valence-electron chi connectivity index (χ4n) is 1.81. The molecular formula is C11H9ClN4O4. The fourth-order valence-corrected chi connectivity index (χ4v) is 2.11. The summed E-state index contributed by atoms with van der Waals surface area (Å²) >= 11 is 5.95. The van der Waals surface area contributed by atoms with Crippen molar-refractivity contribution < 1.29 is 9.85 Å². The van der Waals surface area contributed by atoms with Crippen LogP contribution in [0.5, 0.6) is 0 Å². The van der Waals surface area contributed by atoms with Gasteiger partial charge in [-0.05, 0) is 12.5 Å². The molecule has 0 aliphatic heterocycles. The molecule has 0 unspecified atom stereocenters. The zero-order valence-corrected chi connectivity index (χ0v) is 11.1. The molecule has 0 fully saturated rings. The van der Waals surface area contributed by atoms with E-state index in [0.717, 1.165) is 4.68 Å². The highest BCUT2D eigenvalue weighted by Crippen LogP contribution is 2.33. The van der Waals surface area contributed by atoms with Crippen molar-refractivity contribution in [3.05, 3.63) is 55.3 Å². The Morgan fingerprint density at radius 1 is 1.25 bits per heavy atom. The molecule has 104 valence electrons. The third-order valence-corrected chi connectivity index (χ3v) is 3.04. The first-order valence-corrected chi connectivity index (χ1v) is 6.00. The Labute approximate surface area is 117 Å². The molecule has 8 nitrogen and oxygen atoms in total. The summed E-state index contributed by atoms with van der Waals surface area (Å²) in [5, 5.41) is 25.7. The summed E-state index contributed by atoms with van der Waals surface area (Å²) < 4.78 is 1.02. The Hall–Kier alpha value is -2.48. The molecule has 0 saturated heterocycles. The first-order valence-electron chi connectivity index (χ1n) is 5.63. The number of nitro benzene ring substituents is 1. The molecule has 9 heteroatoms. The SMILES string of the molecule is CCc1nn(-c2ccccc2[N+](=O)[O-])c(Cl)c1[N+](=O)[O-]. The number of aromatic nitrogens is 2. The van der Waals surface area contributed by atoms with Gasteiger partial charge in [0, 0.05) is 6.07 Å². The largest absolute Gasteiger partial charge is 0.329 e. The lowest BCUT2D eigenvalue weighted by Gasteiger charge is -2.02. The number of rotatable bonds is 4. The summed E-state index contributed by atoms with van der Waals surface area (Å²) in [5.41, 5.74) is -0.287. The molecule has 20 heavy (non-hydrogen) atoms. The van der Waals surface area contributed by atoms with Crippen LogP contribution in [0.2, 0.25) is 5.15 Å². The summed E-state index contributed by atoms with van der Waals surface area (Å²) in [7, 11) is 0. The van der Waals surface area contributed by atoms with Gasteiger partial charge in [0.05, 0.1) is 9.85 Å². The van der Waals surface area contributed by atoms with Crippen LogP contribution in [0, 0.1) is 20.2 Å². The second-order valence-electron chi connectivity index (χ2n) is 3.85. The van der Waals surface area contributed by atoms with E-state index in [4.69, 9.17) is 11.6 Å². The predicted molar refractivity (Wildman–Crippen MR) is 71.3 cm³/mol. The van der Waals surface area contributed by atoms with Crippen molar-refractivity contribution in [2.24, 2.45) is 0 Å². The van der Waals surface area contributed by atoms with Crippen molar-refractivity contribution in [1.82, 2.24) is 9.78 Å². The van der Waals surface area contributed by atoms with Crippen LogP contribution >= 0.6 is 11.6 Å². The van der Waals surface area contributed by atoms with Gasteiger partial charge in [0.1, 0.15) is 11.4 Å². The lowest BCUT2D eigenvalue weighted by atomic mass is 10.3. The number of para-hydroxylation sites is 2. The number of nitrogens with zero attached hydrogens (tertiary/aromatic N) is 4. The molecule has 0 aliphatic rings. The summed E-state index contributed by atoms with van der Waals surface area (Å²) in [6.07, 6.45) is 0.295. The van der Waals surface area contributed by atoms with Crippen LogP contribution in [0.1, 0.15) is 12.6 Å². The van der Waals surface area contributed by atoms with E-state index in [1.165, 1.54) is 18.2 Å². The van der Waals surface area contributed by atoms with Crippen molar-refractivity contribution in [3.63, 3.8) is 0 Å². The smallest absolute Gasteiger partial charge is 0.258 e. The van der Waals surface area contributed by atoms with Gasteiger partial charge in [-0.3, -0.25) is 20.2 Å². The summed E-state index contributed by atoms with van der Waals surface area (Å²) in [5.74, 6) is 0. The molecule has 1 heterocycles. The Balaban J connectivity index is 2.72. The van der Waals surface area contributed by atoms with Gasteiger partial charge in [-0.1, -0.05) is 30.7 Å². The Morgan fingerprint density at radius 2 is 1.90 bits per heavy atom. The molecular weight excluding hydrogens is 288 g/mol. The molecule has 0 saturated carbocycles. The number of hydrogen-bond donors (Lipinski definition) is 0. The van der Waals surface area contributed by atoms with Gasteiger partial charge < -0.3 is 0 Å². The minimum atomic E-state index is -0.639. The number of hydrogen-bond acceptors (Lipinski definition) is 5. The van der Waals surface area contributed by atoms with E-state index in [1.807, 2.05) is 0 Å². The zero-order chi connectivity index (χ0) is 14.9. The first kappa shape index (κ1) is 13.9. The topological polar surface area (TPSA) is 104 Å². The number of nitro groups is 2. The quantitative estimate of drug-likeness (QED) is 0.637. The van der Waals surface area contributed by atoms with Gasteiger partial charge in [0.2, 0.25) is 5.15 Å². The van der Waals surface area contributed by atoms with Gasteiger partial charge in [-0.25, -0.2) is 4.68 Å². The molecule has 2 aromatic rings. The fraction of sp³-hybridized carbons (Fsp3) is 0.182. The Morgan fingerprint density at radius 3 is 2.40 bits per heavy atom. The average Bonchev–Trinajstić information content (AvgIpc) is 2.75. The highest BCUT2D eigenvalue weighted by atomic mass is 35.5. The van der Waals surface area contributed by atoms with E-state index in [9.17, 15) is 20.2 Å². The summed E-state index contributed by atoms with van der Waals surface area (Å²) in [6, 6.07) is 5.77. The third-order valence-electron chi connectivity index (χ3n) is 2.70. The van der Waals surface area contributed by atoms with Crippen LogP contribution in [0.3, 0.4) is 0 Å². The normalized spacial score (nSPS) is 10.5. The minimum Gasteiger partial charge on any atom is -0.258 e. The zero-order valence-electron chi connectivity index (χ0n) is 10.3. The second-order valence-corrected chi connectivity index (χ2v) is 4.21. The minimum absolute atomic E-state index is 0.0882. The summed E-state index contributed by atoms with van der Waals surface area (Å²) in [4.78, 5) is 20.8. The van der Waals surface area contributed by atoms with E-state index >= 15 is 0 Å². The number of halogens is 1. The van der Waals surface area contributed by atoms with Crippen molar-refractivity contribution in [2.45, 2.75) is 13.3 Å². The van der Waals surface area contributed by atoms with E-state index in [2.05, 4.69) is 5.10 Å². The van der Waals surface area contributed by atoms with Crippen LogP contribution in [-0.4, -0.2) is 19.6 Å². The van der Waals surface area contributed by atoms with Gasteiger partial charge in [-0.2, -0.15) is 5.10 Å². The van der Waals surface area contributed by atoms with Gasteiger partial charge in [0.25, 0.3) is 5.69 Å². The molecule has 0 aliphatic carbocycles. The van der Waals surface area contributed by atoms with Crippen molar-refractivity contribution in [2.75, 3.05) is 0 Å². The lowest BCUT2D eigenvalue weighted by Crippen LogP contribution is -2.02. The van der Waals surface area contributed by atoms with E-state index in [0.29, 0.717) is 6.42 Å². The number of aryl methyl sites for hydroxylation is 1. The molecule has 1 aromatic carbocycles. The second kappa shape index (κ2) is 5.25. The van der Waals surface area contributed by atoms with Crippen LogP contribution in [0.4, 0.5) is 11.4 Å². The lowest BCUT2D eigenvalue weighted by molar-refractivity contribution is -0.385. The van der Waals surface area contributed by atoms with Gasteiger partial charge in [0.15, 0.2) is 0 Å². The van der Waals surface area contributed by atoms with Crippen LogP contribution in [0.25, 0.3) is 5.69 Å². The van der Waals surface area contributed by atoms with Crippen LogP contribution < -0.4 is 0 Å². The molecule has 0 atom stereocenters. The highest BCUT2D eigenvalue weighted by Gasteiger charge is 2.28.